The van der Waals surface area contributed by atoms with Crippen LogP contribution in [0.2, 0.25) is 0 Å². The zero-order valence-corrected chi connectivity index (χ0v) is 15.9. The normalized spacial score (nSPS) is 12.7. The highest BCUT2D eigenvalue weighted by atomic mass is 32.2. The molecule has 0 aliphatic rings. The third-order valence-corrected chi connectivity index (χ3v) is 5.32. The molecule has 2 aromatic rings. The Hall–Kier alpha value is -1.82. The van der Waals surface area contributed by atoms with Gasteiger partial charge in [0.05, 0.1) is 19.3 Å². The van der Waals surface area contributed by atoms with Gasteiger partial charge in [-0.1, -0.05) is 6.92 Å². The first-order valence-electron chi connectivity index (χ1n) is 8.41. The number of alkyl halides is 3. The molecule has 26 heavy (non-hydrogen) atoms. The van der Waals surface area contributed by atoms with Crippen LogP contribution in [0.15, 0.2) is 47.4 Å². The lowest BCUT2D eigenvalue weighted by Crippen LogP contribution is -2.14. The number of aryl methyl sites for hydroxylation is 1. The first-order valence-corrected chi connectivity index (χ1v) is 9.39. The molecule has 0 aliphatic carbocycles. The predicted octanol–water partition coefficient (Wildman–Crippen LogP) is 6.22. The zero-order chi connectivity index (χ0) is 19.2. The second-order valence-electron chi connectivity index (χ2n) is 6.05. The number of ether oxygens (including phenoxy) is 2. The minimum absolute atomic E-state index is 0.310. The summed E-state index contributed by atoms with van der Waals surface area (Å²) in [5, 5.41) is 0. The number of methoxy groups -OCH3 is 1. The molecule has 0 radical (unpaired) electrons. The maximum Gasteiger partial charge on any atom is 0.416 e. The van der Waals surface area contributed by atoms with Crippen molar-refractivity contribution in [2.75, 3.05) is 19.5 Å². The average molecular weight is 384 g/mol. The molecule has 6 heteroatoms. The van der Waals surface area contributed by atoms with Gasteiger partial charge in [0.25, 0.3) is 0 Å². The van der Waals surface area contributed by atoms with Crippen LogP contribution < -0.4 is 9.47 Å². The van der Waals surface area contributed by atoms with Gasteiger partial charge in [0, 0.05) is 16.6 Å². The van der Waals surface area contributed by atoms with E-state index < -0.39 is 11.7 Å². The molecule has 0 aliphatic heterocycles. The molecule has 2 aromatic carbocycles. The lowest BCUT2D eigenvalue weighted by atomic mass is 10.1. The monoisotopic (exact) mass is 384 g/mol. The summed E-state index contributed by atoms with van der Waals surface area (Å²) in [6.07, 6.45) is -3.39. The van der Waals surface area contributed by atoms with Gasteiger partial charge in [-0.25, -0.2) is 0 Å². The van der Waals surface area contributed by atoms with E-state index >= 15 is 0 Å². The molecule has 142 valence electrons. The van der Waals surface area contributed by atoms with E-state index in [9.17, 15) is 13.2 Å². The van der Waals surface area contributed by atoms with Crippen molar-refractivity contribution in [1.82, 2.24) is 0 Å². The van der Waals surface area contributed by atoms with Crippen molar-refractivity contribution >= 4 is 11.8 Å². The number of hydrogen-bond acceptors (Lipinski definition) is 3. The van der Waals surface area contributed by atoms with Crippen LogP contribution in [0.25, 0.3) is 0 Å². The molecular formula is C20H23F3O2S. The molecule has 0 amide bonds. The Kier molecular flexibility index (Phi) is 7.26. The number of benzene rings is 2. The summed E-state index contributed by atoms with van der Waals surface area (Å²) in [7, 11) is 1.65. The van der Waals surface area contributed by atoms with Crippen LogP contribution in [0.3, 0.4) is 0 Å². The molecule has 2 rings (SSSR count). The highest BCUT2D eigenvalue weighted by molar-refractivity contribution is 7.99. The van der Waals surface area contributed by atoms with Gasteiger partial charge in [-0.05, 0) is 61.4 Å². The summed E-state index contributed by atoms with van der Waals surface area (Å²) >= 11 is 1.74. The van der Waals surface area contributed by atoms with Crippen LogP contribution in [0, 0.1) is 12.8 Å². The molecule has 0 aromatic heterocycles. The predicted molar refractivity (Wildman–Crippen MR) is 99.2 cm³/mol. The van der Waals surface area contributed by atoms with Gasteiger partial charge in [-0.2, -0.15) is 13.2 Å². The molecule has 0 saturated carbocycles. The molecule has 2 nitrogen and oxygen atoms in total. The van der Waals surface area contributed by atoms with Crippen molar-refractivity contribution in [3.63, 3.8) is 0 Å². The van der Waals surface area contributed by atoms with Crippen LogP contribution in [-0.4, -0.2) is 19.5 Å². The van der Waals surface area contributed by atoms with Crippen molar-refractivity contribution in [2.45, 2.75) is 31.3 Å². The van der Waals surface area contributed by atoms with Gasteiger partial charge in [-0.3, -0.25) is 0 Å². The molecule has 0 fully saturated rings. The number of thioether (sulfide) groups is 1. The third-order valence-electron chi connectivity index (χ3n) is 4.10. The van der Waals surface area contributed by atoms with Gasteiger partial charge in [0.15, 0.2) is 0 Å². The Morgan fingerprint density at radius 1 is 1.08 bits per heavy atom. The summed E-state index contributed by atoms with van der Waals surface area (Å²) < 4.78 is 48.7. The van der Waals surface area contributed by atoms with E-state index in [4.69, 9.17) is 9.47 Å². The average Bonchev–Trinajstić information content (AvgIpc) is 2.61. The van der Waals surface area contributed by atoms with Gasteiger partial charge >= 0.3 is 6.18 Å². The van der Waals surface area contributed by atoms with Gasteiger partial charge in [0.1, 0.15) is 11.5 Å². The van der Waals surface area contributed by atoms with Crippen molar-refractivity contribution in [1.29, 1.82) is 0 Å². The highest BCUT2D eigenvalue weighted by Gasteiger charge is 2.30. The number of halogens is 3. The summed E-state index contributed by atoms with van der Waals surface area (Å²) in [6, 6.07) is 10.9. The maximum absolute atomic E-state index is 12.6. The smallest absolute Gasteiger partial charge is 0.416 e. The lowest BCUT2D eigenvalue weighted by Gasteiger charge is -2.16. The van der Waals surface area contributed by atoms with Crippen molar-refractivity contribution in [3.8, 4) is 11.5 Å². The van der Waals surface area contributed by atoms with E-state index in [1.54, 1.807) is 18.9 Å². The fraction of sp³-hybridized carbons (Fsp3) is 0.400. The topological polar surface area (TPSA) is 18.5 Å². The lowest BCUT2D eigenvalue weighted by molar-refractivity contribution is -0.137. The van der Waals surface area contributed by atoms with Gasteiger partial charge < -0.3 is 9.47 Å². The van der Waals surface area contributed by atoms with Crippen LogP contribution in [-0.2, 0) is 6.18 Å². The first kappa shape index (κ1) is 20.5. The van der Waals surface area contributed by atoms with E-state index in [0.29, 0.717) is 18.3 Å². The Balaban J connectivity index is 1.86. The summed E-state index contributed by atoms with van der Waals surface area (Å²) in [5.74, 6) is 2.52. The largest absolute Gasteiger partial charge is 0.496 e. The van der Waals surface area contributed by atoms with Crippen molar-refractivity contribution in [2.24, 2.45) is 5.92 Å². The fourth-order valence-corrected chi connectivity index (χ4v) is 3.58. The van der Waals surface area contributed by atoms with Gasteiger partial charge in [0.2, 0.25) is 0 Å². The standard InChI is InChI=1S/C20H23F3O2S/c1-4-15(13-26-18-9-10-19(24-3)14(2)11-18)12-25-17-7-5-16(6-8-17)20(21,22)23/h5-11,15H,4,12-13H2,1-3H3. The Bertz CT molecular complexity index is 699. The SMILES string of the molecule is CCC(COc1ccc(C(F)(F)F)cc1)CSc1ccc(OC)c(C)c1. The van der Waals surface area contributed by atoms with Gasteiger partial charge in [-0.15, -0.1) is 11.8 Å². The summed E-state index contributed by atoms with van der Waals surface area (Å²) in [4.78, 5) is 1.16. The molecule has 0 heterocycles. The number of rotatable bonds is 8. The van der Waals surface area contributed by atoms with Crippen LogP contribution in [0.5, 0.6) is 11.5 Å². The Labute approximate surface area is 156 Å². The van der Waals surface area contributed by atoms with Crippen LogP contribution >= 0.6 is 11.8 Å². The molecular weight excluding hydrogens is 361 g/mol. The Morgan fingerprint density at radius 2 is 1.77 bits per heavy atom. The van der Waals surface area contributed by atoms with E-state index in [1.165, 1.54) is 12.1 Å². The zero-order valence-electron chi connectivity index (χ0n) is 15.1. The molecule has 0 spiro atoms. The molecule has 0 N–H and O–H groups in total. The second kappa shape index (κ2) is 9.21. The molecule has 1 atom stereocenters. The quantitative estimate of drug-likeness (QED) is 0.503. The minimum atomic E-state index is -4.32. The van der Waals surface area contributed by atoms with Crippen LogP contribution in [0.1, 0.15) is 24.5 Å². The van der Waals surface area contributed by atoms with E-state index in [2.05, 4.69) is 13.0 Å². The minimum Gasteiger partial charge on any atom is -0.496 e. The maximum atomic E-state index is 12.6. The van der Waals surface area contributed by atoms with E-state index in [1.807, 2.05) is 19.1 Å². The Morgan fingerprint density at radius 3 is 2.31 bits per heavy atom. The van der Waals surface area contributed by atoms with Crippen LogP contribution in [0.4, 0.5) is 13.2 Å². The van der Waals surface area contributed by atoms with Crippen molar-refractivity contribution in [3.05, 3.63) is 53.6 Å². The van der Waals surface area contributed by atoms with E-state index in [0.717, 1.165) is 40.5 Å². The second-order valence-corrected chi connectivity index (χ2v) is 7.14. The summed E-state index contributed by atoms with van der Waals surface area (Å²) in [6.45, 7) is 4.57. The van der Waals surface area contributed by atoms with Crippen molar-refractivity contribution < 1.29 is 22.6 Å². The molecule has 0 saturated heterocycles. The molecule has 1 unspecified atom stereocenters. The number of hydrogen-bond donors (Lipinski definition) is 0. The fourth-order valence-electron chi connectivity index (χ4n) is 2.39. The third kappa shape index (κ3) is 5.87. The molecule has 0 bridgehead atoms. The first-order chi connectivity index (χ1) is 12.3. The highest BCUT2D eigenvalue weighted by Crippen LogP contribution is 2.31. The van der Waals surface area contributed by atoms with E-state index in [-0.39, 0.29) is 0 Å². The summed E-state index contributed by atoms with van der Waals surface area (Å²) in [5.41, 5.74) is 0.425.